The third-order valence-corrected chi connectivity index (χ3v) is 3.79. The third kappa shape index (κ3) is 2.55. The van der Waals surface area contributed by atoms with Crippen LogP contribution in [0.4, 0.5) is 0 Å². The van der Waals surface area contributed by atoms with E-state index in [1.807, 2.05) is 24.3 Å². The summed E-state index contributed by atoms with van der Waals surface area (Å²) in [6.07, 6.45) is 3.42. The van der Waals surface area contributed by atoms with Gasteiger partial charge in [-0.05, 0) is 35.9 Å². The number of hydrogen-bond donors (Lipinski definition) is 1. The monoisotopic (exact) mass is 326 g/mol. The highest BCUT2D eigenvalue weighted by molar-refractivity contribution is 6.32. The predicted octanol–water partition coefficient (Wildman–Crippen LogP) is 3.48. The Kier molecular flexibility index (Phi) is 3.28. The fourth-order valence-corrected chi connectivity index (χ4v) is 2.69. The van der Waals surface area contributed by atoms with E-state index in [0.29, 0.717) is 27.7 Å². The van der Waals surface area contributed by atoms with Gasteiger partial charge in [-0.15, -0.1) is 0 Å². The molecule has 4 rings (SSSR count). The number of ether oxygens (including phenoxy) is 2. The number of nitrogens with zero attached hydrogens (tertiary/aromatic N) is 1. The van der Waals surface area contributed by atoms with Crippen LogP contribution in [0.5, 0.6) is 11.5 Å². The largest absolute Gasteiger partial charge is 0.454 e. The van der Waals surface area contributed by atoms with Gasteiger partial charge in [0.05, 0.1) is 16.1 Å². The second-order valence-electron chi connectivity index (χ2n) is 5.04. The van der Waals surface area contributed by atoms with Crippen molar-refractivity contribution >= 4 is 34.8 Å². The summed E-state index contributed by atoms with van der Waals surface area (Å²) in [6, 6.07) is 10.9. The molecule has 3 aromatic rings. The van der Waals surface area contributed by atoms with Crippen LogP contribution < -0.4 is 15.0 Å². The van der Waals surface area contributed by atoms with E-state index in [4.69, 9.17) is 21.1 Å². The molecule has 114 valence electrons. The van der Waals surface area contributed by atoms with Gasteiger partial charge in [0.25, 0.3) is 5.56 Å². The number of benzene rings is 2. The van der Waals surface area contributed by atoms with E-state index in [-0.39, 0.29) is 12.4 Å². The smallest absolute Gasteiger partial charge is 0.274 e. The van der Waals surface area contributed by atoms with Crippen molar-refractivity contribution in [3.63, 3.8) is 0 Å². The fraction of sp³-hybridized carbons (Fsp3) is 0.0588. The molecule has 0 amide bonds. The summed E-state index contributed by atoms with van der Waals surface area (Å²) in [5.41, 5.74) is 2.33. The van der Waals surface area contributed by atoms with Crippen LogP contribution in [-0.4, -0.2) is 16.8 Å². The third-order valence-electron chi connectivity index (χ3n) is 3.51. The van der Waals surface area contributed by atoms with Crippen molar-refractivity contribution in [3.05, 3.63) is 63.0 Å². The summed E-state index contributed by atoms with van der Waals surface area (Å²) in [5.74, 6) is 1.14. The molecular weight excluding hydrogens is 316 g/mol. The first-order valence-electron chi connectivity index (χ1n) is 6.97. The van der Waals surface area contributed by atoms with Gasteiger partial charge in [-0.1, -0.05) is 29.8 Å². The molecule has 0 unspecified atom stereocenters. The standard InChI is InChI=1S/C17H11ClN2O3/c18-11-7-10(8-15-16(11)23-9-22-15)5-6-14-17(21)20-13-4-2-1-3-12(13)19-14/h1-8H,9H2,(H,20,21)/b6-5+. The van der Waals surface area contributed by atoms with E-state index in [9.17, 15) is 4.79 Å². The normalized spacial score (nSPS) is 13.1. The first kappa shape index (κ1) is 13.8. The number of H-pyrrole nitrogens is 1. The van der Waals surface area contributed by atoms with Gasteiger partial charge < -0.3 is 14.5 Å². The lowest BCUT2D eigenvalue weighted by Crippen LogP contribution is -2.11. The Balaban J connectivity index is 1.73. The van der Waals surface area contributed by atoms with E-state index in [1.165, 1.54) is 0 Å². The zero-order chi connectivity index (χ0) is 15.8. The predicted molar refractivity (Wildman–Crippen MR) is 88.9 cm³/mol. The summed E-state index contributed by atoms with van der Waals surface area (Å²) in [5, 5.41) is 0.472. The molecule has 0 fully saturated rings. The highest BCUT2D eigenvalue weighted by atomic mass is 35.5. The molecule has 1 N–H and O–H groups in total. The minimum absolute atomic E-state index is 0.161. The van der Waals surface area contributed by atoms with Crippen molar-refractivity contribution in [1.82, 2.24) is 9.97 Å². The number of hydrogen-bond acceptors (Lipinski definition) is 4. The molecule has 0 saturated heterocycles. The number of para-hydroxylation sites is 2. The second-order valence-corrected chi connectivity index (χ2v) is 5.45. The summed E-state index contributed by atoms with van der Waals surface area (Å²) in [6.45, 7) is 0.161. The SMILES string of the molecule is O=c1[nH]c2ccccc2nc1/C=C/c1cc(Cl)c2c(c1)OCO2. The minimum Gasteiger partial charge on any atom is -0.454 e. The number of nitrogens with one attached hydrogen (secondary N) is 1. The van der Waals surface area contributed by atoms with Crippen LogP contribution >= 0.6 is 11.6 Å². The molecule has 1 aliphatic rings. The highest BCUT2D eigenvalue weighted by Crippen LogP contribution is 2.40. The summed E-state index contributed by atoms with van der Waals surface area (Å²) in [4.78, 5) is 19.2. The van der Waals surface area contributed by atoms with Crippen LogP contribution in [0.15, 0.2) is 41.2 Å². The van der Waals surface area contributed by atoms with Crippen molar-refractivity contribution in [1.29, 1.82) is 0 Å². The topological polar surface area (TPSA) is 64.2 Å². The molecule has 0 atom stereocenters. The number of aromatic nitrogens is 2. The molecule has 0 bridgehead atoms. The Morgan fingerprint density at radius 3 is 2.96 bits per heavy atom. The molecule has 5 nitrogen and oxygen atoms in total. The Morgan fingerprint density at radius 2 is 2.04 bits per heavy atom. The van der Waals surface area contributed by atoms with Gasteiger partial charge in [-0.25, -0.2) is 4.98 Å². The summed E-state index contributed by atoms with van der Waals surface area (Å²) >= 11 is 6.14. The van der Waals surface area contributed by atoms with E-state index in [1.54, 1.807) is 24.3 Å². The maximum absolute atomic E-state index is 12.1. The summed E-state index contributed by atoms with van der Waals surface area (Å²) in [7, 11) is 0. The van der Waals surface area contributed by atoms with Gasteiger partial charge in [0, 0.05) is 0 Å². The Labute approximate surface area is 136 Å². The van der Waals surface area contributed by atoms with Crippen molar-refractivity contribution < 1.29 is 9.47 Å². The van der Waals surface area contributed by atoms with Gasteiger partial charge in [0.15, 0.2) is 11.5 Å². The Hall–Kier alpha value is -2.79. The quantitative estimate of drug-likeness (QED) is 0.783. The van der Waals surface area contributed by atoms with Crippen LogP contribution in [-0.2, 0) is 0 Å². The van der Waals surface area contributed by atoms with Crippen LogP contribution in [0.2, 0.25) is 5.02 Å². The van der Waals surface area contributed by atoms with E-state index in [2.05, 4.69) is 9.97 Å². The fourth-order valence-electron chi connectivity index (χ4n) is 2.42. The van der Waals surface area contributed by atoms with Crippen molar-refractivity contribution in [2.75, 3.05) is 6.79 Å². The van der Waals surface area contributed by atoms with Gasteiger partial charge in [0.2, 0.25) is 6.79 Å². The van der Waals surface area contributed by atoms with E-state index < -0.39 is 0 Å². The van der Waals surface area contributed by atoms with Crippen LogP contribution in [0.25, 0.3) is 23.2 Å². The highest BCUT2D eigenvalue weighted by Gasteiger charge is 2.17. The van der Waals surface area contributed by atoms with Gasteiger partial charge in [-0.3, -0.25) is 4.79 Å². The van der Waals surface area contributed by atoms with Gasteiger partial charge in [-0.2, -0.15) is 0 Å². The van der Waals surface area contributed by atoms with Crippen LogP contribution in [0.3, 0.4) is 0 Å². The van der Waals surface area contributed by atoms with E-state index >= 15 is 0 Å². The van der Waals surface area contributed by atoms with Crippen molar-refractivity contribution in [2.24, 2.45) is 0 Å². The lowest BCUT2D eigenvalue weighted by atomic mass is 10.1. The molecule has 1 aromatic heterocycles. The lowest BCUT2D eigenvalue weighted by molar-refractivity contribution is 0.174. The zero-order valence-electron chi connectivity index (χ0n) is 11.9. The molecule has 0 aliphatic carbocycles. The lowest BCUT2D eigenvalue weighted by Gasteiger charge is -2.01. The molecule has 2 aromatic carbocycles. The number of fused-ring (bicyclic) bond motifs is 2. The number of halogens is 1. The van der Waals surface area contributed by atoms with Crippen molar-refractivity contribution in [2.45, 2.75) is 0 Å². The molecule has 0 spiro atoms. The first-order chi connectivity index (χ1) is 11.2. The van der Waals surface area contributed by atoms with Crippen LogP contribution in [0, 0.1) is 0 Å². The van der Waals surface area contributed by atoms with Crippen LogP contribution in [0.1, 0.15) is 11.3 Å². The van der Waals surface area contributed by atoms with E-state index in [0.717, 1.165) is 11.1 Å². The second kappa shape index (κ2) is 5.44. The Bertz CT molecular complexity index is 995. The minimum atomic E-state index is -0.244. The maximum Gasteiger partial charge on any atom is 0.274 e. The van der Waals surface area contributed by atoms with Gasteiger partial charge >= 0.3 is 0 Å². The number of aromatic amines is 1. The molecular formula is C17H11ClN2O3. The van der Waals surface area contributed by atoms with Crippen molar-refractivity contribution in [3.8, 4) is 11.5 Å². The summed E-state index contributed by atoms with van der Waals surface area (Å²) < 4.78 is 10.6. The molecule has 2 heterocycles. The van der Waals surface area contributed by atoms with Gasteiger partial charge in [0.1, 0.15) is 5.69 Å². The molecule has 6 heteroatoms. The Morgan fingerprint density at radius 1 is 1.17 bits per heavy atom. The molecule has 23 heavy (non-hydrogen) atoms. The molecule has 1 aliphatic heterocycles. The first-order valence-corrected chi connectivity index (χ1v) is 7.35. The maximum atomic E-state index is 12.1. The zero-order valence-corrected chi connectivity index (χ0v) is 12.6. The molecule has 0 radical (unpaired) electrons. The average molecular weight is 327 g/mol. The number of rotatable bonds is 2. The molecule has 0 saturated carbocycles. The average Bonchev–Trinajstić information content (AvgIpc) is 3.02.